The third kappa shape index (κ3) is 4.09. The summed E-state index contributed by atoms with van der Waals surface area (Å²) in [6.45, 7) is 6.27. The molecule has 1 unspecified atom stereocenters. The fourth-order valence-corrected chi connectivity index (χ4v) is 1.91. The Morgan fingerprint density at radius 2 is 2.06 bits per heavy atom. The van der Waals surface area contributed by atoms with Crippen molar-refractivity contribution in [2.24, 2.45) is 11.1 Å². The van der Waals surface area contributed by atoms with E-state index in [1.165, 1.54) is 12.8 Å². The molecule has 2 N–H and O–H groups in total. The molecule has 0 aromatic rings. The van der Waals surface area contributed by atoms with Crippen molar-refractivity contribution >= 4 is 5.78 Å². The van der Waals surface area contributed by atoms with Crippen molar-refractivity contribution < 1.29 is 4.79 Å². The van der Waals surface area contributed by atoms with Crippen molar-refractivity contribution in [3.63, 3.8) is 0 Å². The number of hydrogen-bond donors (Lipinski definition) is 1. The summed E-state index contributed by atoms with van der Waals surface area (Å²) < 4.78 is 0. The van der Waals surface area contributed by atoms with Gasteiger partial charge in [-0.05, 0) is 36.7 Å². The lowest BCUT2D eigenvalue weighted by Crippen LogP contribution is -2.37. The fraction of sp³-hybridized carbons (Fsp3) is 0.786. The van der Waals surface area contributed by atoms with Crippen LogP contribution in [-0.4, -0.2) is 11.8 Å². The first kappa shape index (κ1) is 13.4. The Hall–Kier alpha value is -0.630. The second kappa shape index (κ2) is 5.62. The first-order chi connectivity index (χ1) is 7.41. The molecule has 0 spiro atoms. The second-order valence-electron chi connectivity index (χ2n) is 5.93. The van der Waals surface area contributed by atoms with Crippen LogP contribution >= 0.6 is 0 Å². The Kier molecular flexibility index (Phi) is 4.72. The van der Waals surface area contributed by atoms with Gasteiger partial charge in [0.15, 0.2) is 5.78 Å². The highest BCUT2D eigenvalue weighted by atomic mass is 16.1. The summed E-state index contributed by atoms with van der Waals surface area (Å²) in [5, 5.41) is 0. The molecule has 2 nitrogen and oxygen atoms in total. The van der Waals surface area contributed by atoms with Crippen LogP contribution in [0.25, 0.3) is 0 Å². The van der Waals surface area contributed by atoms with Gasteiger partial charge in [-0.15, -0.1) is 0 Å². The molecule has 2 heteroatoms. The van der Waals surface area contributed by atoms with E-state index >= 15 is 0 Å². The summed E-state index contributed by atoms with van der Waals surface area (Å²) in [7, 11) is 0. The molecule has 0 amide bonds. The summed E-state index contributed by atoms with van der Waals surface area (Å²) in [6, 6.07) is -0.0378. The van der Waals surface area contributed by atoms with Crippen molar-refractivity contribution in [1.82, 2.24) is 0 Å². The largest absolute Gasteiger partial charge is 0.327 e. The van der Waals surface area contributed by atoms with Gasteiger partial charge in [0.05, 0.1) is 0 Å². The van der Waals surface area contributed by atoms with E-state index in [1.807, 2.05) is 0 Å². The van der Waals surface area contributed by atoms with E-state index in [4.69, 9.17) is 5.73 Å². The number of carbonyl (C=O) groups excluding carboxylic acids is 1. The Bertz CT molecular complexity index is 273. The summed E-state index contributed by atoms with van der Waals surface area (Å²) in [6.07, 6.45) is 8.27. The van der Waals surface area contributed by atoms with Crippen molar-refractivity contribution in [3.8, 4) is 0 Å². The third-order valence-corrected chi connectivity index (χ3v) is 3.42. The SMILES string of the molecule is CC(C)(C)C(N)CC(=O)C1=CCCCCC1. The zero-order chi connectivity index (χ0) is 12.2. The van der Waals surface area contributed by atoms with E-state index in [0.717, 1.165) is 24.8 Å². The maximum Gasteiger partial charge on any atom is 0.160 e. The smallest absolute Gasteiger partial charge is 0.160 e. The van der Waals surface area contributed by atoms with Crippen molar-refractivity contribution in [3.05, 3.63) is 11.6 Å². The van der Waals surface area contributed by atoms with Gasteiger partial charge in [0, 0.05) is 12.5 Å². The van der Waals surface area contributed by atoms with Crippen LogP contribution in [0.3, 0.4) is 0 Å². The highest BCUT2D eigenvalue weighted by Gasteiger charge is 2.24. The molecule has 92 valence electrons. The van der Waals surface area contributed by atoms with Crippen LogP contribution in [0.2, 0.25) is 0 Å². The lowest BCUT2D eigenvalue weighted by atomic mass is 9.83. The molecular weight excluding hydrogens is 198 g/mol. The normalized spacial score (nSPS) is 19.9. The van der Waals surface area contributed by atoms with Gasteiger partial charge in [0.2, 0.25) is 0 Å². The minimum Gasteiger partial charge on any atom is -0.327 e. The summed E-state index contributed by atoms with van der Waals surface area (Å²) in [5.41, 5.74) is 7.09. The third-order valence-electron chi connectivity index (χ3n) is 3.42. The first-order valence-electron chi connectivity index (χ1n) is 6.39. The number of ketones is 1. The molecule has 1 aliphatic rings. The quantitative estimate of drug-likeness (QED) is 0.798. The number of allylic oxidation sites excluding steroid dienone is 2. The van der Waals surface area contributed by atoms with E-state index in [0.29, 0.717) is 6.42 Å². The zero-order valence-corrected chi connectivity index (χ0v) is 10.9. The molecule has 0 aliphatic heterocycles. The van der Waals surface area contributed by atoms with Crippen LogP contribution in [0.15, 0.2) is 11.6 Å². The average molecular weight is 223 g/mol. The molecule has 0 bridgehead atoms. The van der Waals surface area contributed by atoms with Gasteiger partial charge in [-0.25, -0.2) is 0 Å². The van der Waals surface area contributed by atoms with E-state index in [-0.39, 0.29) is 17.2 Å². The summed E-state index contributed by atoms with van der Waals surface area (Å²) in [4.78, 5) is 12.1. The van der Waals surface area contributed by atoms with E-state index < -0.39 is 0 Å². The molecule has 0 radical (unpaired) electrons. The summed E-state index contributed by atoms with van der Waals surface area (Å²) >= 11 is 0. The van der Waals surface area contributed by atoms with Crippen molar-refractivity contribution in [2.45, 2.75) is 65.3 Å². The fourth-order valence-electron chi connectivity index (χ4n) is 1.91. The lowest BCUT2D eigenvalue weighted by molar-refractivity contribution is -0.116. The van der Waals surface area contributed by atoms with Gasteiger partial charge in [-0.2, -0.15) is 0 Å². The van der Waals surface area contributed by atoms with Crippen LogP contribution in [-0.2, 0) is 4.79 Å². The van der Waals surface area contributed by atoms with E-state index in [1.54, 1.807) is 0 Å². The van der Waals surface area contributed by atoms with Crippen LogP contribution in [0.1, 0.15) is 59.3 Å². The molecular formula is C14H25NO. The van der Waals surface area contributed by atoms with Gasteiger partial charge in [-0.3, -0.25) is 4.79 Å². The maximum absolute atomic E-state index is 12.1. The topological polar surface area (TPSA) is 43.1 Å². The predicted octanol–water partition coefficient (Wildman–Crippen LogP) is 3.21. The molecule has 1 atom stereocenters. The Balaban J connectivity index is 2.54. The molecule has 0 fully saturated rings. The maximum atomic E-state index is 12.1. The van der Waals surface area contributed by atoms with E-state index in [2.05, 4.69) is 26.8 Å². The van der Waals surface area contributed by atoms with Crippen LogP contribution in [0, 0.1) is 5.41 Å². The Morgan fingerprint density at radius 1 is 1.38 bits per heavy atom. The van der Waals surface area contributed by atoms with Gasteiger partial charge in [0.25, 0.3) is 0 Å². The molecule has 16 heavy (non-hydrogen) atoms. The second-order valence-corrected chi connectivity index (χ2v) is 5.93. The lowest BCUT2D eigenvalue weighted by Gasteiger charge is -2.26. The number of Topliss-reactive ketones (excluding diaryl/α,β-unsaturated/α-hetero) is 1. The highest BCUT2D eigenvalue weighted by molar-refractivity contribution is 5.95. The first-order valence-corrected chi connectivity index (χ1v) is 6.39. The van der Waals surface area contributed by atoms with E-state index in [9.17, 15) is 4.79 Å². The minimum atomic E-state index is -0.0378. The molecule has 0 aromatic heterocycles. The standard InChI is InChI=1S/C14H25NO/c1-14(2,3)13(15)10-12(16)11-8-6-4-5-7-9-11/h8,13H,4-7,9-10,15H2,1-3H3. The number of hydrogen-bond acceptors (Lipinski definition) is 2. The van der Waals surface area contributed by atoms with Gasteiger partial charge in [-0.1, -0.05) is 33.3 Å². The molecule has 1 aliphatic carbocycles. The van der Waals surface area contributed by atoms with Crippen LogP contribution < -0.4 is 5.73 Å². The molecule has 0 heterocycles. The Morgan fingerprint density at radius 3 is 2.69 bits per heavy atom. The van der Waals surface area contributed by atoms with Gasteiger partial charge in [0.1, 0.15) is 0 Å². The van der Waals surface area contributed by atoms with Gasteiger partial charge < -0.3 is 5.73 Å². The van der Waals surface area contributed by atoms with Crippen molar-refractivity contribution in [2.75, 3.05) is 0 Å². The Labute approximate surface area is 99.3 Å². The monoisotopic (exact) mass is 223 g/mol. The zero-order valence-electron chi connectivity index (χ0n) is 10.9. The van der Waals surface area contributed by atoms with Gasteiger partial charge >= 0.3 is 0 Å². The molecule has 0 aromatic carbocycles. The average Bonchev–Trinajstić information content (AvgIpc) is 2.43. The number of nitrogens with two attached hydrogens (primary N) is 1. The number of carbonyl (C=O) groups is 1. The molecule has 0 saturated carbocycles. The molecule has 1 rings (SSSR count). The van der Waals surface area contributed by atoms with Crippen LogP contribution in [0.5, 0.6) is 0 Å². The summed E-state index contributed by atoms with van der Waals surface area (Å²) in [5.74, 6) is 0.268. The minimum absolute atomic E-state index is 0.0148. The number of rotatable bonds is 3. The predicted molar refractivity (Wildman–Crippen MR) is 68.2 cm³/mol. The highest BCUT2D eigenvalue weighted by Crippen LogP contribution is 2.24. The molecule has 0 saturated heterocycles. The van der Waals surface area contributed by atoms with Crippen molar-refractivity contribution in [1.29, 1.82) is 0 Å². The van der Waals surface area contributed by atoms with Crippen LogP contribution in [0.4, 0.5) is 0 Å².